The molecule has 0 radical (unpaired) electrons. The number of thioether (sulfide) groups is 1. The Morgan fingerprint density at radius 3 is 2.23 bits per heavy atom. The van der Waals surface area contributed by atoms with Crippen molar-refractivity contribution in [3.05, 3.63) is 0 Å². The molecule has 1 N–H and O–H groups in total. The fourth-order valence-electron chi connectivity index (χ4n) is 1.44. The maximum atomic E-state index is 3.62. The van der Waals surface area contributed by atoms with E-state index in [1.807, 2.05) is 11.8 Å². The molecule has 2 unspecified atom stereocenters. The molecule has 0 saturated heterocycles. The summed E-state index contributed by atoms with van der Waals surface area (Å²) in [5, 5.41) is 4.41. The van der Waals surface area contributed by atoms with Crippen LogP contribution in [0.1, 0.15) is 40.5 Å². The van der Waals surface area contributed by atoms with Gasteiger partial charge in [0.15, 0.2) is 0 Å². The molecule has 0 spiro atoms. The highest BCUT2D eigenvalue weighted by Gasteiger charge is 2.09. The summed E-state index contributed by atoms with van der Waals surface area (Å²) in [6.45, 7) is 10.3. The van der Waals surface area contributed by atoms with Crippen LogP contribution in [-0.4, -0.2) is 24.1 Å². The Labute approximate surface area is 88.1 Å². The molecule has 0 amide bonds. The van der Waals surface area contributed by atoms with E-state index in [2.05, 4.69) is 39.3 Å². The van der Waals surface area contributed by atoms with Gasteiger partial charge in [0, 0.05) is 11.3 Å². The number of hydrogen-bond acceptors (Lipinski definition) is 2. The zero-order chi connectivity index (χ0) is 10.3. The van der Waals surface area contributed by atoms with E-state index in [-0.39, 0.29) is 0 Å². The monoisotopic (exact) mass is 203 g/mol. The zero-order valence-corrected chi connectivity index (χ0v) is 10.6. The van der Waals surface area contributed by atoms with Gasteiger partial charge in [0.1, 0.15) is 0 Å². The van der Waals surface area contributed by atoms with Crippen molar-refractivity contribution in [1.82, 2.24) is 5.32 Å². The van der Waals surface area contributed by atoms with Crippen LogP contribution in [-0.2, 0) is 0 Å². The molecule has 0 heterocycles. The molecule has 13 heavy (non-hydrogen) atoms. The second-order valence-electron chi connectivity index (χ2n) is 4.05. The summed E-state index contributed by atoms with van der Waals surface area (Å²) in [6, 6.07) is 0.703. The Morgan fingerprint density at radius 1 is 1.23 bits per heavy atom. The molecule has 2 atom stereocenters. The number of nitrogens with one attached hydrogen (secondary N) is 1. The summed E-state index contributed by atoms with van der Waals surface area (Å²) in [5.74, 6) is 0.759. The summed E-state index contributed by atoms with van der Waals surface area (Å²) in [4.78, 5) is 0. The van der Waals surface area contributed by atoms with Crippen molar-refractivity contribution in [1.29, 1.82) is 0 Å². The molecule has 0 aromatic heterocycles. The first-order chi connectivity index (χ1) is 6.11. The van der Waals surface area contributed by atoms with Gasteiger partial charge in [0.25, 0.3) is 0 Å². The lowest BCUT2D eigenvalue weighted by atomic mass is 10.0. The van der Waals surface area contributed by atoms with Gasteiger partial charge >= 0.3 is 0 Å². The molecule has 80 valence electrons. The topological polar surface area (TPSA) is 12.0 Å². The molecule has 0 fully saturated rings. The van der Waals surface area contributed by atoms with E-state index in [1.165, 1.54) is 19.4 Å². The molecule has 0 rings (SSSR count). The van der Waals surface area contributed by atoms with Gasteiger partial charge in [-0.1, -0.05) is 27.7 Å². The van der Waals surface area contributed by atoms with Crippen molar-refractivity contribution in [2.24, 2.45) is 5.92 Å². The zero-order valence-electron chi connectivity index (χ0n) is 9.76. The van der Waals surface area contributed by atoms with Crippen molar-refractivity contribution >= 4 is 11.8 Å². The van der Waals surface area contributed by atoms with E-state index in [1.54, 1.807) is 0 Å². The molecule has 0 aromatic rings. The Kier molecular flexibility index (Phi) is 7.87. The molecule has 0 bridgehead atoms. The molecule has 2 heteroatoms. The summed E-state index contributed by atoms with van der Waals surface area (Å²) in [6.07, 6.45) is 4.71. The van der Waals surface area contributed by atoms with Gasteiger partial charge in [-0.3, -0.25) is 0 Å². The van der Waals surface area contributed by atoms with E-state index in [0.717, 1.165) is 11.2 Å². The normalized spacial score (nSPS) is 16.2. The van der Waals surface area contributed by atoms with Gasteiger partial charge in [-0.15, -0.1) is 0 Å². The van der Waals surface area contributed by atoms with Crippen LogP contribution in [0.4, 0.5) is 0 Å². The fraction of sp³-hybridized carbons (Fsp3) is 1.00. The average molecular weight is 203 g/mol. The molecule has 1 nitrogen and oxygen atoms in total. The Balaban J connectivity index is 3.49. The van der Waals surface area contributed by atoms with Gasteiger partial charge in [-0.2, -0.15) is 11.8 Å². The predicted molar refractivity (Wildman–Crippen MR) is 64.5 cm³/mol. The standard InChI is InChI=1S/C11H25NS/c1-6-11(9(2)3)12-8-7-10(4)13-5/h9-12H,6-8H2,1-5H3. The second-order valence-corrected chi connectivity index (χ2v) is 5.32. The highest BCUT2D eigenvalue weighted by Crippen LogP contribution is 2.10. The molecule has 0 aromatic carbocycles. The van der Waals surface area contributed by atoms with E-state index in [4.69, 9.17) is 0 Å². The van der Waals surface area contributed by atoms with Gasteiger partial charge in [-0.25, -0.2) is 0 Å². The van der Waals surface area contributed by atoms with Crippen LogP contribution in [0.25, 0.3) is 0 Å². The van der Waals surface area contributed by atoms with Gasteiger partial charge in [0.2, 0.25) is 0 Å². The van der Waals surface area contributed by atoms with Crippen LogP contribution < -0.4 is 5.32 Å². The Bertz CT molecular complexity index is 115. The lowest BCUT2D eigenvalue weighted by Crippen LogP contribution is -2.34. The number of rotatable bonds is 7. The molecular formula is C11H25NS. The maximum absolute atomic E-state index is 3.62. The lowest BCUT2D eigenvalue weighted by molar-refractivity contribution is 0.387. The van der Waals surface area contributed by atoms with Crippen molar-refractivity contribution in [2.75, 3.05) is 12.8 Å². The minimum atomic E-state index is 0.703. The lowest BCUT2D eigenvalue weighted by Gasteiger charge is -2.21. The SMILES string of the molecule is CCC(NCCC(C)SC)C(C)C. The third-order valence-electron chi connectivity index (χ3n) is 2.60. The van der Waals surface area contributed by atoms with Crippen LogP contribution in [0, 0.1) is 5.92 Å². The van der Waals surface area contributed by atoms with Crippen LogP contribution in [0.15, 0.2) is 0 Å². The van der Waals surface area contributed by atoms with Crippen LogP contribution in [0.2, 0.25) is 0 Å². The van der Waals surface area contributed by atoms with Crippen molar-refractivity contribution in [3.63, 3.8) is 0 Å². The van der Waals surface area contributed by atoms with Crippen LogP contribution >= 0.6 is 11.8 Å². The van der Waals surface area contributed by atoms with E-state index >= 15 is 0 Å². The summed E-state index contributed by atoms with van der Waals surface area (Å²) < 4.78 is 0. The first-order valence-electron chi connectivity index (χ1n) is 5.38. The highest BCUT2D eigenvalue weighted by atomic mass is 32.2. The van der Waals surface area contributed by atoms with E-state index < -0.39 is 0 Å². The second kappa shape index (κ2) is 7.69. The number of hydrogen-bond donors (Lipinski definition) is 1. The maximum Gasteiger partial charge on any atom is 0.00874 e. The van der Waals surface area contributed by atoms with E-state index in [0.29, 0.717) is 6.04 Å². The first kappa shape index (κ1) is 13.3. The smallest absolute Gasteiger partial charge is 0.00874 e. The predicted octanol–water partition coefficient (Wildman–Crippen LogP) is 3.15. The van der Waals surface area contributed by atoms with Gasteiger partial charge in [-0.05, 0) is 31.6 Å². The van der Waals surface area contributed by atoms with E-state index in [9.17, 15) is 0 Å². The average Bonchev–Trinajstić information content (AvgIpc) is 2.11. The molecule has 0 aliphatic carbocycles. The molecule has 0 saturated carbocycles. The van der Waals surface area contributed by atoms with Crippen molar-refractivity contribution in [2.45, 2.75) is 51.8 Å². The largest absolute Gasteiger partial charge is 0.314 e. The first-order valence-corrected chi connectivity index (χ1v) is 6.66. The van der Waals surface area contributed by atoms with Crippen LogP contribution in [0.5, 0.6) is 0 Å². The van der Waals surface area contributed by atoms with Crippen molar-refractivity contribution in [3.8, 4) is 0 Å². The summed E-state index contributed by atoms with van der Waals surface area (Å²) in [5.41, 5.74) is 0. The quantitative estimate of drug-likeness (QED) is 0.682. The third kappa shape index (κ3) is 6.39. The van der Waals surface area contributed by atoms with Crippen LogP contribution in [0.3, 0.4) is 0 Å². The minimum absolute atomic E-state index is 0.703. The highest BCUT2D eigenvalue weighted by molar-refractivity contribution is 7.99. The molecule has 0 aliphatic heterocycles. The fourth-order valence-corrected chi connectivity index (χ4v) is 1.79. The Morgan fingerprint density at radius 2 is 1.85 bits per heavy atom. The molecular weight excluding hydrogens is 178 g/mol. The summed E-state index contributed by atoms with van der Waals surface area (Å²) in [7, 11) is 0. The van der Waals surface area contributed by atoms with Gasteiger partial charge < -0.3 is 5.32 Å². The summed E-state index contributed by atoms with van der Waals surface area (Å²) >= 11 is 1.95. The third-order valence-corrected chi connectivity index (χ3v) is 3.64. The van der Waals surface area contributed by atoms with Crippen molar-refractivity contribution < 1.29 is 0 Å². The Hall–Kier alpha value is 0.310. The minimum Gasteiger partial charge on any atom is -0.314 e. The van der Waals surface area contributed by atoms with Gasteiger partial charge in [0.05, 0.1) is 0 Å². The molecule has 0 aliphatic rings.